The summed E-state index contributed by atoms with van der Waals surface area (Å²) in [4.78, 5) is 20.3. The molecule has 0 aliphatic rings. The lowest BCUT2D eigenvalue weighted by Crippen LogP contribution is -2.14. The number of hydrogen-bond donors (Lipinski definition) is 3. The normalized spacial score (nSPS) is 11.1. The van der Waals surface area contributed by atoms with E-state index in [0.29, 0.717) is 23.1 Å². The van der Waals surface area contributed by atoms with Crippen molar-refractivity contribution in [3.05, 3.63) is 71.5 Å². The Morgan fingerprint density at radius 3 is 2.04 bits per heavy atom. The fraction of sp³-hybridized carbons (Fsp3) is 0.227. The van der Waals surface area contributed by atoms with Gasteiger partial charge < -0.3 is 15.7 Å². The van der Waals surface area contributed by atoms with E-state index in [0.717, 1.165) is 5.69 Å². The summed E-state index contributed by atoms with van der Waals surface area (Å²) < 4.78 is 0. The van der Waals surface area contributed by atoms with Crippen molar-refractivity contribution in [2.45, 2.75) is 33.1 Å². The zero-order chi connectivity index (χ0) is 20.3. The summed E-state index contributed by atoms with van der Waals surface area (Å²) in [7, 11) is 0. The number of aromatic carboxylic acids is 1. The van der Waals surface area contributed by atoms with Crippen molar-refractivity contribution in [3.63, 3.8) is 0 Å². The Kier molecular flexibility index (Phi) is 5.31. The van der Waals surface area contributed by atoms with Crippen molar-refractivity contribution in [2.75, 3.05) is 10.6 Å². The Morgan fingerprint density at radius 1 is 0.893 bits per heavy atom. The van der Waals surface area contributed by atoms with E-state index in [1.807, 2.05) is 18.2 Å². The summed E-state index contributed by atoms with van der Waals surface area (Å²) >= 11 is 0. The van der Waals surface area contributed by atoms with Crippen LogP contribution in [0.15, 0.2) is 54.6 Å². The zero-order valence-electron chi connectivity index (χ0n) is 16.4. The average Bonchev–Trinajstić information content (AvgIpc) is 2.61. The van der Waals surface area contributed by atoms with Crippen LogP contribution in [0.5, 0.6) is 0 Å². The summed E-state index contributed by atoms with van der Waals surface area (Å²) in [5.74, 6) is 0.747. The minimum Gasteiger partial charge on any atom is -0.478 e. The molecular weight excluding hydrogens is 352 g/mol. The Balaban J connectivity index is 1.93. The van der Waals surface area contributed by atoms with E-state index in [9.17, 15) is 9.90 Å². The molecule has 3 N–H and O–H groups in total. The molecule has 3 aromatic rings. The minimum absolute atomic E-state index is 0.0207. The van der Waals surface area contributed by atoms with E-state index in [1.165, 1.54) is 5.56 Å². The number of benzene rings is 2. The predicted octanol–water partition coefficient (Wildman–Crippen LogP) is 5.27. The van der Waals surface area contributed by atoms with Gasteiger partial charge in [0.05, 0.1) is 11.3 Å². The lowest BCUT2D eigenvalue weighted by molar-refractivity contribution is 0.0698. The third kappa shape index (κ3) is 4.46. The number of nitrogens with zero attached hydrogens (tertiary/aromatic N) is 2. The second-order valence-electron chi connectivity index (χ2n) is 7.58. The number of nitrogens with one attached hydrogen (secondary N) is 2. The van der Waals surface area contributed by atoms with Crippen molar-refractivity contribution < 1.29 is 9.90 Å². The number of carboxylic acid groups (broad SMARTS) is 1. The fourth-order valence-corrected chi connectivity index (χ4v) is 3.00. The number of para-hydroxylation sites is 2. The third-order valence-corrected chi connectivity index (χ3v) is 4.26. The monoisotopic (exact) mass is 376 g/mol. The minimum atomic E-state index is -0.994. The van der Waals surface area contributed by atoms with Crippen molar-refractivity contribution in [1.29, 1.82) is 0 Å². The third-order valence-electron chi connectivity index (χ3n) is 4.26. The average molecular weight is 376 g/mol. The van der Waals surface area contributed by atoms with Gasteiger partial charge in [0.2, 0.25) is 0 Å². The van der Waals surface area contributed by atoms with Gasteiger partial charge in [-0.2, -0.15) is 0 Å². The first kappa shape index (κ1) is 19.4. The lowest BCUT2D eigenvalue weighted by Gasteiger charge is -2.23. The van der Waals surface area contributed by atoms with Crippen molar-refractivity contribution in [3.8, 4) is 0 Å². The molecule has 6 heteroatoms. The van der Waals surface area contributed by atoms with Gasteiger partial charge in [0, 0.05) is 11.8 Å². The highest BCUT2D eigenvalue weighted by Gasteiger charge is 2.18. The van der Waals surface area contributed by atoms with Crippen LogP contribution in [0.3, 0.4) is 0 Å². The van der Waals surface area contributed by atoms with E-state index in [4.69, 9.17) is 0 Å². The standard InChI is InChI=1S/C22H24N4O2/c1-14-23-19(25-17-11-7-5-9-15(17)21(27)28)13-20(24-14)26-18-12-8-6-10-16(18)22(2,3)4/h5-13H,1-4H3,(H,27,28)(H2,23,24,25,26). The van der Waals surface area contributed by atoms with Gasteiger partial charge in [0.25, 0.3) is 0 Å². The van der Waals surface area contributed by atoms with Gasteiger partial charge in [0.1, 0.15) is 17.5 Å². The van der Waals surface area contributed by atoms with Crippen LogP contribution in [0, 0.1) is 6.92 Å². The smallest absolute Gasteiger partial charge is 0.337 e. The Bertz CT molecular complexity index is 1010. The molecule has 3 rings (SSSR count). The van der Waals surface area contributed by atoms with Crippen LogP contribution in [0.2, 0.25) is 0 Å². The van der Waals surface area contributed by atoms with Gasteiger partial charge in [-0.1, -0.05) is 51.1 Å². The van der Waals surface area contributed by atoms with Crippen LogP contribution in [0.1, 0.15) is 42.5 Å². The topological polar surface area (TPSA) is 87.1 Å². The van der Waals surface area contributed by atoms with Crippen LogP contribution in [0.25, 0.3) is 0 Å². The summed E-state index contributed by atoms with van der Waals surface area (Å²) in [6, 6.07) is 16.6. The second kappa shape index (κ2) is 7.68. The molecule has 0 unspecified atom stereocenters. The maximum Gasteiger partial charge on any atom is 0.337 e. The van der Waals surface area contributed by atoms with Crippen molar-refractivity contribution in [1.82, 2.24) is 9.97 Å². The number of anilines is 4. The molecule has 0 atom stereocenters. The van der Waals surface area contributed by atoms with E-state index in [-0.39, 0.29) is 11.0 Å². The number of aryl methyl sites for hydroxylation is 1. The second-order valence-corrected chi connectivity index (χ2v) is 7.58. The van der Waals surface area contributed by atoms with Crippen LogP contribution in [0.4, 0.5) is 23.0 Å². The van der Waals surface area contributed by atoms with Crippen LogP contribution in [-0.4, -0.2) is 21.0 Å². The predicted molar refractivity (Wildman–Crippen MR) is 112 cm³/mol. The highest BCUT2D eigenvalue weighted by Crippen LogP contribution is 2.31. The van der Waals surface area contributed by atoms with E-state index in [1.54, 1.807) is 37.3 Å². The van der Waals surface area contributed by atoms with Gasteiger partial charge in [-0.15, -0.1) is 0 Å². The first-order valence-electron chi connectivity index (χ1n) is 9.05. The van der Waals surface area contributed by atoms with Crippen molar-refractivity contribution in [2.24, 2.45) is 0 Å². The lowest BCUT2D eigenvalue weighted by atomic mass is 9.86. The first-order chi connectivity index (χ1) is 13.2. The highest BCUT2D eigenvalue weighted by molar-refractivity contribution is 5.95. The number of hydrogen-bond acceptors (Lipinski definition) is 5. The SMILES string of the molecule is Cc1nc(Nc2ccccc2C(=O)O)cc(Nc2ccccc2C(C)(C)C)n1. The molecule has 0 bridgehead atoms. The molecule has 0 aliphatic heterocycles. The molecule has 0 aliphatic carbocycles. The molecule has 0 spiro atoms. The van der Waals surface area contributed by atoms with Crippen molar-refractivity contribution >= 4 is 29.0 Å². The van der Waals surface area contributed by atoms with Gasteiger partial charge in [-0.05, 0) is 36.1 Å². The molecule has 0 radical (unpaired) electrons. The first-order valence-corrected chi connectivity index (χ1v) is 9.05. The number of carboxylic acids is 1. The fourth-order valence-electron chi connectivity index (χ4n) is 3.00. The van der Waals surface area contributed by atoms with Gasteiger partial charge in [0.15, 0.2) is 0 Å². The van der Waals surface area contributed by atoms with Crippen LogP contribution in [-0.2, 0) is 5.41 Å². The number of carbonyl (C=O) groups is 1. The summed E-state index contributed by atoms with van der Waals surface area (Å²) in [5, 5.41) is 15.8. The Labute approximate surface area is 164 Å². The molecular formula is C22H24N4O2. The quantitative estimate of drug-likeness (QED) is 0.562. The highest BCUT2D eigenvalue weighted by atomic mass is 16.4. The molecule has 2 aromatic carbocycles. The summed E-state index contributed by atoms with van der Waals surface area (Å²) in [5.41, 5.74) is 2.80. The van der Waals surface area contributed by atoms with E-state index < -0.39 is 5.97 Å². The van der Waals surface area contributed by atoms with Crippen LogP contribution < -0.4 is 10.6 Å². The molecule has 1 heterocycles. The number of rotatable bonds is 5. The Hall–Kier alpha value is -3.41. The largest absolute Gasteiger partial charge is 0.478 e. The van der Waals surface area contributed by atoms with E-state index in [2.05, 4.69) is 47.4 Å². The molecule has 1 aromatic heterocycles. The number of aromatic nitrogens is 2. The van der Waals surface area contributed by atoms with Crippen LogP contribution >= 0.6 is 0 Å². The molecule has 0 fully saturated rings. The summed E-state index contributed by atoms with van der Waals surface area (Å²) in [6.07, 6.45) is 0. The van der Waals surface area contributed by atoms with Gasteiger partial charge >= 0.3 is 5.97 Å². The van der Waals surface area contributed by atoms with Gasteiger partial charge in [-0.3, -0.25) is 0 Å². The Morgan fingerprint density at radius 2 is 1.43 bits per heavy atom. The molecule has 0 saturated heterocycles. The summed E-state index contributed by atoms with van der Waals surface area (Å²) in [6.45, 7) is 8.28. The molecule has 0 amide bonds. The maximum absolute atomic E-state index is 11.4. The maximum atomic E-state index is 11.4. The zero-order valence-corrected chi connectivity index (χ0v) is 16.4. The van der Waals surface area contributed by atoms with E-state index >= 15 is 0 Å². The molecule has 28 heavy (non-hydrogen) atoms. The molecule has 0 saturated carbocycles. The molecule has 6 nitrogen and oxygen atoms in total. The van der Waals surface area contributed by atoms with Gasteiger partial charge in [-0.25, -0.2) is 14.8 Å². The molecule has 144 valence electrons.